The van der Waals surface area contributed by atoms with Gasteiger partial charge in [0.05, 0.1) is 5.41 Å². The summed E-state index contributed by atoms with van der Waals surface area (Å²) < 4.78 is 29.5. The van der Waals surface area contributed by atoms with Gasteiger partial charge in [-0.05, 0) is 43.2 Å². The van der Waals surface area contributed by atoms with E-state index >= 15 is 0 Å². The number of aryl methyl sites for hydroxylation is 2. The van der Waals surface area contributed by atoms with E-state index < -0.39 is 10.1 Å². The third-order valence-corrected chi connectivity index (χ3v) is 3.73. The van der Waals surface area contributed by atoms with Crippen molar-refractivity contribution in [1.82, 2.24) is 0 Å². The molecule has 0 atom stereocenters. The van der Waals surface area contributed by atoms with Gasteiger partial charge in [0.15, 0.2) is 0 Å². The van der Waals surface area contributed by atoms with Crippen LogP contribution < -0.4 is 0 Å². The molecule has 0 spiro atoms. The van der Waals surface area contributed by atoms with Gasteiger partial charge < -0.3 is 0 Å². The van der Waals surface area contributed by atoms with Crippen LogP contribution in [-0.2, 0) is 23.0 Å². The maximum atomic E-state index is 10.5. The minimum Gasteiger partial charge on any atom is -0.282 e. The van der Waals surface area contributed by atoms with Crippen LogP contribution in [0.1, 0.15) is 50.2 Å². The monoisotopic (exact) mass is 296 g/mol. The Morgan fingerprint density at radius 3 is 2.05 bits per heavy atom. The molecule has 0 radical (unpaired) electrons. The van der Waals surface area contributed by atoms with Crippen molar-refractivity contribution in [3.8, 4) is 0 Å². The molecule has 20 heavy (non-hydrogen) atoms. The first-order valence-electron chi connectivity index (χ1n) is 7.23. The summed E-state index contributed by atoms with van der Waals surface area (Å²) in [6.07, 6.45) is 8.86. The highest BCUT2D eigenvalue weighted by Gasteiger charge is 1.97. The number of benzene rings is 1. The maximum Gasteiger partial charge on any atom is 0.287 e. The molecular weight excluding hydrogens is 272 g/mol. The van der Waals surface area contributed by atoms with Crippen LogP contribution in [0.4, 0.5) is 0 Å². The van der Waals surface area contributed by atoms with Gasteiger partial charge in [-0.25, -0.2) is 0 Å². The molecule has 0 aliphatic carbocycles. The summed E-state index contributed by atoms with van der Waals surface area (Å²) in [6, 6.07) is 8.65. The molecule has 0 aromatic heterocycles. The Morgan fingerprint density at radius 2 is 1.55 bits per heavy atom. The molecule has 1 rings (SSSR count). The molecular formula is C16H24O3S. The average Bonchev–Trinajstić information content (AvgIpc) is 2.39. The van der Waals surface area contributed by atoms with Gasteiger partial charge in [0.25, 0.3) is 10.1 Å². The average molecular weight is 296 g/mol. The highest BCUT2D eigenvalue weighted by atomic mass is 32.2. The molecule has 0 amide bonds. The summed E-state index contributed by atoms with van der Waals surface area (Å²) in [7, 11) is -3.97. The molecule has 1 N–H and O–H groups in total. The van der Waals surface area contributed by atoms with Crippen LogP contribution in [0.25, 0.3) is 0 Å². The molecule has 112 valence electrons. The summed E-state index contributed by atoms with van der Waals surface area (Å²) in [5.41, 5.74) is 2.65. The lowest BCUT2D eigenvalue weighted by molar-refractivity contribution is 0.494. The summed E-state index contributed by atoms with van der Waals surface area (Å²) in [5, 5.41) is 0.851. The second kappa shape index (κ2) is 8.93. The maximum absolute atomic E-state index is 10.5. The smallest absolute Gasteiger partial charge is 0.282 e. The zero-order valence-corrected chi connectivity index (χ0v) is 12.9. The van der Waals surface area contributed by atoms with E-state index in [0.29, 0.717) is 6.42 Å². The van der Waals surface area contributed by atoms with E-state index in [1.54, 1.807) is 0 Å². The third-order valence-electron chi connectivity index (χ3n) is 3.20. The predicted molar refractivity (Wildman–Crippen MR) is 83.3 cm³/mol. The molecule has 4 heteroatoms. The van der Waals surface area contributed by atoms with Gasteiger partial charge in [-0.2, -0.15) is 8.42 Å². The first-order valence-corrected chi connectivity index (χ1v) is 8.73. The molecule has 1 aromatic carbocycles. The van der Waals surface area contributed by atoms with Gasteiger partial charge >= 0.3 is 0 Å². The van der Waals surface area contributed by atoms with Gasteiger partial charge in [-0.3, -0.25) is 4.55 Å². The van der Waals surface area contributed by atoms with E-state index in [4.69, 9.17) is 4.55 Å². The normalized spacial score (nSPS) is 12.1. The Balaban J connectivity index is 2.29. The molecule has 0 bridgehead atoms. The van der Waals surface area contributed by atoms with Gasteiger partial charge in [0, 0.05) is 0 Å². The first kappa shape index (κ1) is 16.9. The number of hydrogen-bond acceptors (Lipinski definition) is 2. The van der Waals surface area contributed by atoms with Crippen molar-refractivity contribution >= 4 is 10.1 Å². The van der Waals surface area contributed by atoms with Crippen LogP contribution >= 0.6 is 0 Å². The Hall–Kier alpha value is -1.13. The topological polar surface area (TPSA) is 54.4 Å². The Labute approximate surface area is 122 Å². The van der Waals surface area contributed by atoms with Crippen molar-refractivity contribution < 1.29 is 13.0 Å². The Bertz CT molecular complexity index is 501. The van der Waals surface area contributed by atoms with Crippen molar-refractivity contribution in [3.63, 3.8) is 0 Å². The van der Waals surface area contributed by atoms with E-state index in [2.05, 4.69) is 31.2 Å². The van der Waals surface area contributed by atoms with Gasteiger partial charge in [-0.15, -0.1) is 0 Å². The zero-order chi connectivity index (χ0) is 14.8. The first-order chi connectivity index (χ1) is 9.51. The Morgan fingerprint density at radius 1 is 1.00 bits per heavy atom. The summed E-state index contributed by atoms with van der Waals surface area (Å²) >= 11 is 0. The van der Waals surface area contributed by atoms with Crippen LogP contribution in [0.3, 0.4) is 0 Å². The van der Waals surface area contributed by atoms with Crippen molar-refractivity contribution in [2.24, 2.45) is 0 Å². The summed E-state index contributed by atoms with van der Waals surface area (Å²) in [5.74, 6) is 0. The molecule has 0 saturated heterocycles. The number of allylic oxidation sites excluding steroid dienone is 1. The lowest BCUT2D eigenvalue weighted by Crippen LogP contribution is -1.90. The van der Waals surface area contributed by atoms with Crippen LogP contribution in [-0.4, -0.2) is 13.0 Å². The summed E-state index contributed by atoms with van der Waals surface area (Å²) in [6.45, 7) is 2.21. The molecule has 0 heterocycles. The molecule has 0 saturated carbocycles. The second-order valence-corrected chi connectivity index (χ2v) is 6.35. The fraction of sp³-hybridized carbons (Fsp3) is 0.500. The second-order valence-electron chi connectivity index (χ2n) is 5.05. The van der Waals surface area contributed by atoms with E-state index in [-0.39, 0.29) is 0 Å². The van der Waals surface area contributed by atoms with E-state index in [0.717, 1.165) is 24.7 Å². The number of hydrogen-bond donors (Lipinski definition) is 1. The van der Waals surface area contributed by atoms with Crippen LogP contribution in [0.2, 0.25) is 0 Å². The zero-order valence-electron chi connectivity index (χ0n) is 12.1. The van der Waals surface area contributed by atoms with Crippen molar-refractivity contribution in [2.45, 2.75) is 51.9 Å². The molecule has 1 aromatic rings. The summed E-state index contributed by atoms with van der Waals surface area (Å²) in [4.78, 5) is 0. The van der Waals surface area contributed by atoms with Gasteiger partial charge in [-0.1, -0.05) is 50.1 Å². The largest absolute Gasteiger partial charge is 0.287 e. The van der Waals surface area contributed by atoms with E-state index in [1.165, 1.54) is 36.5 Å². The lowest BCUT2D eigenvalue weighted by Gasteiger charge is -2.03. The molecule has 0 fully saturated rings. The predicted octanol–water partition coefficient (Wildman–Crippen LogP) is 4.14. The highest BCUT2D eigenvalue weighted by molar-refractivity contribution is 7.88. The molecule has 0 unspecified atom stereocenters. The fourth-order valence-electron chi connectivity index (χ4n) is 2.07. The third kappa shape index (κ3) is 8.12. The number of unbranched alkanes of at least 4 members (excludes halogenated alkanes) is 3. The Kier molecular flexibility index (Phi) is 7.55. The van der Waals surface area contributed by atoms with E-state index in [9.17, 15) is 8.42 Å². The van der Waals surface area contributed by atoms with Crippen LogP contribution in [0.15, 0.2) is 35.7 Å². The van der Waals surface area contributed by atoms with Crippen LogP contribution in [0, 0.1) is 0 Å². The van der Waals surface area contributed by atoms with Crippen molar-refractivity contribution in [1.29, 1.82) is 0 Å². The molecule has 0 aliphatic heterocycles. The fourth-order valence-corrected chi connectivity index (χ4v) is 2.44. The van der Waals surface area contributed by atoms with E-state index in [1.807, 2.05) is 0 Å². The van der Waals surface area contributed by atoms with Crippen molar-refractivity contribution in [3.05, 3.63) is 46.9 Å². The lowest BCUT2D eigenvalue weighted by atomic mass is 10.0. The highest BCUT2D eigenvalue weighted by Crippen LogP contribution is 2.11. The SMILES string of the molecule is CCCCCc1ccc(CCCC=CS(=O)(=O)O)cc1. The minimum atomic E-state index is -3.97. The van der Waals surface area contributed by atoms with Gasteiger partial charge in [0.2, 0.25) is 0 Å². The minimum absolute atomic E-state index is 0.651. The van der Waals surface area contributed by atoms with Crippen molar-refractivity contribution in [2.75, 3.05) is 0 Å². The number of rotatable bonds is 9. The molecule has 0 aliphatic rings. The van der Waals surface area contributed by atoms with Crippen LogP contribution in [0.5, 0.6) is 0 Å². The quantitative estimate of drug-likeness (QED) is 0.550. The molecule has 3 nitrogen and oxygen atoms in total. The standard InChI is InChI=1S/C16H24O3S/c1-2-3-5-8-15-10-12-16(13-11-15)9-6-4-7-14-20(17,18)19/h7,10-14H,2-6,8-9H2,1H3,(H,17,18,19). The van der Waals surface area contributed by atoms with Gasteiger partial charge in [0.1, 0.15) is 0 Å².